The van der Waals surface area contributed by atoms with Gasteiger partial charge in [0.1, 0.15) is 12.4 Å². The molecular weight excluding hydrogens is 362 g/mol. The van der Waals surface area contributed by atoms with E-state index < -0.39 is 0 Å². The zero-order valence-electron chi connectivity index (χ0n) is 15.4. The number of halogens is 1. The lowest BCUT2D eigenvalue weighted by Gasteiger charge is -2.39. The van der Waals surface area contributed by atoms with Crippen molar-refractivity contribution in [2.45, 2.75) is 13.0 Å². The fraction of sp³-hybridized carbons (Fsp3) is 0.381. The Morgan fingerprint density at radius 3 is 2.44 bits per heavy atom. The zero-order valence-corrected chi connectivity index (χ0v) is 16.2. The van der Waals surface area contributed by atoms with Crippen molar-refractivity contribution < 1.29 is 9.84 Å². The number of hydrogen-bond acceptors (Lipinski definition) is 5. The van der Waals surface area contributed by atoms with Gasteiger partial charge in [-0.15, -0.1) is 0 Å². The van der Waals surface area contributed by atoms with Crippen LogP contribution in [0.15, 0.2) is 42.5 Å². The summed E-state index contributed by atoms with van der Waals surface area (Å²) in [4.78, 5) is 4.74. The van der Waals surface area contributed by atoms with E-state index in [1.54, 1.807) is 6.07 Å². The van der Waals surface area contributed by atoms with Crippen LogP contribution in [-0.4, -0.2) is 49.4 Å². The van der Waals surface area contributed by atoms with Gasteiger partial charge in [-0.2, -0.15) is 5.26 Å². The quantitative estimate of drug-likeness (QED) is 0.825. The summed E-state index contributed by atoms with van der Waals surface area (Å²) >= 11 is 6.44. The standard InChI is InChI=1S/C21H24ClN3O2/c1-16(18-4-2-17(15-23)3-5-18)24-8-10-25(11-9-24)21-7-6-19(14-20(21)22)27-13-12-26/h2-7,14,16,26H,8-13H2,1H3. The molecule has 1 aliphatic rings. The SMILES string of the molecule is CC(c1ccc(C#N)cc1)N1CCN(c2ccc(OCCO)cc2Cl)CC1. The molecule has 27 heavy (non-hydrogen) atoms. The van der Waals surface area contributed by atoms with Crippen molar-refractivity contribution >= 4 is 17.3 Å². The third-order valence-corrected chi connectivity index (χ3v) is 5.31. The lowest BCUT2D eigenvalue weighted by atomic mass is 10.0. The van der Waals surface area contributed by atoms with E-state index in [-0.39, 0.29) is 13.2 Å². The van der Waals surface area contributed by atoms with Crippen LogP contribution in [0.4, 0.5) is 5.69 Å². The molecule has 0 bridgehead atoms. The molecule has 0 aliphatic carbocycles. The molecule has 1 aliphatic heterocycles. The molecule has 142 valence electrons. The largest absolute Gasteiger partial charge is 0.491 e. The molecule has 0 aromatic heterocycles. The average molecular weight is 386 g/mol. The minimum atomic E-state index is -0.0151. The van der Waals surface area contributed by atoms with Crippen LogP contribution in [0.1, 0.15) is 24.1 Å². The molecule has 0 amide bonds. The van der Waals surface area contributed by atoms with Gasteiger partial charge in [-0.3, -0.25) is 4.90 Å². The van der Waals surface area contributed by atoms with E-state index in [0.717, 1.165) is 31.9 Å². The molecule has 1 N–H and O–H groups in total. The van der Waals surface area contributed by atoms with Gasteiger partial charge in [0.25, 0.3) is 0 Å². The number of nitriles is 1. The first kappa shape index (κ1) is 19.5. The van der Waals surface area contributed by atoms with Gasteiger partial charge in [-0.1, -0.05) is 23.7 Å². The molecule has 1 unspecified atom stereocenters. The zero-order chi connectivity index (χ0) is 19.2. The molecule has 1 saturated heterocycles. The van der Waals surface area contributed by atoms with Crippen molar-refractivity contribution in [1.82, 2.24) is 4.90 Å². The number of aliphatic hydroxyl groups is 1. The summed E-state index contributed by atoms with van der Waals surface area (Å²) in [5.74, 6) is 0.672. The van der Waals surface area contributed by atoms with Gasteiger partial charge >= 0.3 is 0 Å². The normalized spacial score (nSPS) is 16.0. The summed E-state index contributed by atoms with van der Waals surface area (Å²) in [5, 5.41) is 18.5. The average Bonchev–Trinajstić information content (AvgIpc) is 2.72. The third kappa shape index (κ3) is 4.72. The van der Waals surface area contributed by atoms with Crippen molar-refractivity contribution in [2.24, 2.45) is 0 Å². The van der Waals surface area contributed by atoms with Crippen molar-refractivity contribution in [3.63, 3.8) is 0 Å². The highest BCUT2D eigenvalue weighted by Gasteiger charge is 2.23. The Morgan fingerprint density at radius 2 is 1.85 bits per heavy atom. The van der Waals surface area contributed by atoms with Gasteiger partial charge in [-0.05, 0) is 36.8 Å². The third-order valence-electron chi connectivity index (χ3n) is 5.00. The lowest BCUT2D eigenvalue weighted by molar-refractivity contribution is 0.198. The van der Waals surface area contributed by atoms with E-state index >= 15 is 0 Å². The Balaban J connectivity index is 1.60. The maximum Gasteiger partial charge on any atom is 0.121 e. The van der Waals surface area contributed by atoms with Crippen LogP contribution in [0.2, 0.25) is 5.02 Å². The Bertz CT molecular complexity index is 796. The second-order valence-corrected chi connectivity index (χ2v) is 7.03. The summed E-state index contributed by atoms with van der Waals surface area (Å²) < 4.78 is 5.41. The molecule has 1 fully saturated rings. The van der Waals surface area contributed by atoms with E-state index in [1.165, 1.54) is 5.56 Å². The van der Waals surface area contributed by atoms with E-state index in [4.69, 9.17) is 26.7 Å². The minimum Gasteiger partial charge on any atom is -0.491 e. The summed E-state index contributed by atoms with van der Waals surface area (Å²) in [7, 11) is 0. The van der Waals surface area contributed by atoms with Gasteiger partial charge in [0.2, 0.25) is 0 Å². The molecular formula is C21H24ClN3O2. The lowest BCUT2D eigenvalue weighted by Crippen LogP contribution is -2.47. The molecule has 0 saturated carbocycles. The van der Waals surface area contributed by atoms with Crippen molar-refractivity contribution in [3.05, 3.63) is 58.6 Å². The van der Waals surface area contributed by atoms with Crippen molar-refractivity contribution in [2.75, 3.05) is 44.3 Å². The van der Waals surface area contributed by atoms with Crippen LogP contribution in [0.25, 0.3) is 0 Å². The highest BCUT2D eigenvalue weighted by molar-refractivity contribution is 6.33. The van der Waals surface area contributed by atoms with E-state index in [9.17, 15) is 0 Å². The summed E-state index contributed by atoms with van der Waals surface area (Å²) in [6.45, 7) is 6.15. The van der Waals surface area contributed by atoms with Crippen LogP contribution < -0.4 is 9.64 Å². The maximum atomic E-state index is 8.94. The molecule has 2 aromatic carbocycles. The van der Waals surface area contributed by atoms with Crippen LogP contribution in [-0.2, 0) is 0 Å². The van der Waals surface area contributed by atoms with E-state index in [2.05, 4.69) is 22.8 Å². The van der Waals surface area contributed by atoms with Gasteiger partial charge in [-0.25, -0.2) is 0 Å². The first-order chi connectivity index (χ1) is 13.1. The van der Waals surface area contributed by atoms with Gasteiger partial charge in [0, 0.05) is 38.3 Å². The smallest absolute Gasteiger partial charge is 0.121 e. The highest BCUT2D eigenvalue weighted by atomic mass is 35.5. The molecule has 5 nitrogen and oxygen atoms in total. The fourth-order valence-electron chi connectivity index (χ4n) is 3.39. The number of anilines is 1. The number of piperazine rings is 1. The van der Waals surface area contributed by atoms with Crippen molar-refractivity contribution in [1.29, 1.82) is 5.26 Å². The molecule has 3 rings (SSSR count). The minimum absolute atomic E-state index is 0.0151. The number of nitrogens with zero attached hydrogens (tertiary/aromatic N) is 3. The second-order valence-electron chi connectivity index (χ2n) is 6.62. The fourth-order valence-corrected chi connectivity index (χ4v) is 3.68. The number of aliphatic hydroxyl groups excluding tert-OH is 1. The monoisotopic (exact) mass is 385 g/mol. The summed E-state index contributed by atoms with van der Waals surface area (Å²) in [6, 6.07) is 16.0. The molecule has 0 radical (unpaired) electrons. The van der Waals surface area contributed by atoms with E-state index in [1.807, 2.05) is 36.4 Å². The molecule has 1 heterocycles. The first-order valence-corrected chi connectivity index (χ1v) is 9.52. The predicted octanol–water partition coefficient (Wildman–Crippen LogP) is 3.47. The molecule has 0 spiro atoms. The molecule has 1 atom stereocenters. The van der Waals surface area contributed by atoms with Crippen LogP contribution >= 0.6 is 11.6 Å². The highest BCUT2D eigenvalue weighted by Crippen LogP contribution is 2.31. The Kier molecular flexibility index (Phi) is 6.57. The first-order valence-electron chi connectivity index (χ1n) is 9.14. The van der Waals surface area contributed by atoms with Gasteiger partial charge in [0.05, 0.1) is 28.9 Å². The Labute approximate surface area is 165 Å². The predicted molar refractivity (Wildman–Crippen MR) is 107 cm³/mol. The van der Waals surface area contributed by atoms with Gasteiger partial charge < -0.3 is 14.7 Å². The molecule has 2 aromatic rings. The summed E-state index contributed by atoms with van der Waals surface area (Å²) in [6.07, 6.45) is 0. The molecule has 6 heteroatoms. The summed E-state index contributed by atoms with van der Waals surface area (Å²) in [5.41, 5.74) is 2.93. The number of hydrogen-bond donors (Lipinski definition) is 1. The number of rotatable bonds is 6. The van der Waals surface area contributed by atoms with Crippen molar-refractivity contribution in [3.8, 4) is 11.8 Å². The Morgan fingerprint density at radius 1 is 1.15 bits per heavy atom. The van der Waals surface area contributed by atoms with Crippen LogP contribution in [0.3, 0.4) is 0 Å². The second kappa shape index (κ2) is 9.09. The van der Waals surface area contributed by atoms with Gasteiger partial charge in [0.15, 0.2) is 0 Å². The Hall–Kier alpha value is -2.26. The number of benzene rings is 2. The maximum absolute atomic E-state index is 8.94. The van der Waals surface area contributed by atoms with Crippen LogP contribution in [0.5, 0.6) is 5.75 Å². The van der Waals surface area contributed by atoms with Crippen LogP contribution in [0, 0.1) is 11.3 Å². The topological polar surface area (TPSA) is 59.7 Å². The number of ether oxygens (including phenoxy) is 1. The van der Waals surface area contributed by atoms with E-state index in [0.29, 0.717) is 22.4 Å².